The van der Waals surface area contributed by atoms with Crippen molar-refractivity contribution in [1.29, 1.82) is 0 Å². The zero-order valence-electron chi connectivity index (χ0n) is 7.14. The van der Waals surface area contributed by atoms with Crippen LogP contribution in [-0.2, 0) is 9.57 Å². The molecule has 0 saturated carbocycles. The van der Waals surface area contributed by atoms with Gasteiger partial charge < -0.3 is 9.57 Å². The van der Waals surface area contributed by atoms with Crippen molar-refractivity contribution in [3.63, 3.8) is 0 Å². The van der Waals surface area contributed by atoms with Gasteiger partial charge in [-0.3, -0.25) is 0 Å². The molecular formula is C8H17NO2. The van der Waals surface area contributed by atoms with Crippen molar-refractivity contribution in [2.24, 2.45) is 0 Å². The second-order valence-electron chi connectivity index (χ2n) is 2.83. The summed E-state index contributed by atoms with van der Waals surface area (Å²) in [6.07, 6.45) is 5.21. The molecule has 0 aromatic heterocycles. The predicted molar refractivity (Wildman–Crippen MR) is 43.2 cm³/mol. The number of ether oxygens (including phenoxy) is 1. The molecule has 3 heteroatoms. The van der Waals surface area contributed by atoms with Gasteiger partial charge in [0.05, 0.1) is 12.7 Å². The van der Waals surface area contributed by atoms with E-state index in [9.17, 15) is 0 Å². The summed E-state index contributed by atoms with van der Waals surface area (Å²) >= 11 is 0. The lowest BCUT2D eigenvalue weighted by Gasteiger charge is -2.07. The largest absolute Gasteiger partial charge is 0.378 e. The Hall–Kier alpha value is -0.120. The minimum absolute atomic E-state index is 0.510. The Kier molecular flexibility index (Phi) is 4.50. The van der Waals surface area contributed by atoms with Crippen LogP contribution in [0, 0.1) is 0 Å². The van der Waals surface area contributed by atoms with Crippen LogP contribution in [0.2, 0.25) is 0 Å². The monoisotopic (exact) mass is 159 g/mol. The van der Waals surface area contributed by atoms with Crippen LogP contribution in [0.25, 0.3) is 0 Å². The van der Waals surface area contributed by atoms with Crippen LogP contribution in [-0.4, -0.2) is 26.4 Å². The normalized spacial score (nSPS) is 24.3. The molecule has 3 nitrogen and oxygen atoms in total. The molecule has 66 valence electrons. The number of hydrogen-bond donors (Lipinski definition) is 1. The number of hydroxylamine groups is 1. The van der Waals surface area contributed by atoms with Crippen LogP contribution >= 0.6 is 0 Å². The Balaban J connectivity index is 1.86. The molecule has 1 rings (SSSR count). The SMILES string of the molecule is CNOCCCC1CCCO1. The summed E-state index contributed by atoms with van der Waals surface area (Å²) in [7, 11) is 1.78. The van der Waals surface area contributed by atoms with E-state index < -0.39 is 0 Å². The molecule has 1 fully saturated rings. The third-order valence-corrected chi connectivity index (χ3v) is 1.94. The molecule has 0 spiro atoms. The average Bonchev–Trinajstić information content (AvgIpc) is 2.50. The molecule has 0 aliphatic carbocycles. The molecule has 1 N–H and O–H groups in total. The third kappa shape index (κ3) is 3.70. The molecular weight excluding hydrogens is 142 g/mol. The quantitative estimate of drug-likeness (QED) is 0.481. The van der Waals surface area contributed by atoms with Gasteiger partial charge >= 0.3 is 0 Å². The predicted octanol–water partition coefficient (Wildman–Crippen LogP) is 1.10. The van der Waals surface area contributed by atoms with Gasteiger partial charge in [-0.05, 0) is 25.7 Å². The van der Waals surface area contributed by atoms with Crippen LogP contribution in [0.4, 0.5) is 0 Å². The van der Waals surface area contributed by atoms with Crippen molar-refractivity contribution >= 4 is 0 Å². The van der Waals surface area contributed by atoms with E-state index in [0.29, 0.717) is 6.10 Å². The van der Waals surface area contributed by atoms with Gasteiger partial charge in [0.15, 0.2) is 0 Å². The summed E-state index contributed by atoms with van der Waals surface area (Å²) < 4.78 is 5.46. The topological polar surface area (TPSA) is 30.5 Å². The van der Waals surface area contributed by atoms with Crippen molar-refractivity contribution in [2.45, 2.75) is 31.8 Å². The second kappa shape index (κ2) is 5.52. The van der Waals surface area contributed by atoms with Crippen LogP contribution in [0.1, 0.15) is 25.7 Å². The minimum Gasteiger partial charge on any atom is -0.378 e. The van der Waals surface area contributed by atoms with Gasteiger partial charge in [-0.2, -0.15) is 0 Å². The molecule has 1 atom stereocenters. The van der Waals surface area contributed by atoms with Gasteiger partial charge in [0.1, 0.15) is 0 Å². The molecule has 0 aromatic carbocycles. The highest BCUT2D eigenvalue weighted by Gasteiger charge is 2.14. The Morgan fingerprint density at radius 2 is 2.55 bits per heavy atom. The summed E-state index contributed by atoms with van der Waals surface area (Å²) in [6, 6.07) is 0. The fraction of sp³-hybridized carbons (Fsp3) is 1.00. The fourth-order valence-corrected chi connectivity index (χ4v) is 1.36. The lowest BCUT2D eigenvalue weighted by Crippen LogP contribution is -2.11. The zero-order valence-corrected chi connectivity index (χ0v) is 7.14. The maximum atomic E-state index is 5.46. The van der Waals surface area contributed by atoms with Gasteiger partial charge in [0.2, 0.25) is 0 Å². The summed E-state index contributed by atoms with van der Waals surface area (Å²) in [5, 5.41) is 0. The molecule has 1 heterocycles. The first-order chi connectivity index (χ1) is 5.43. The van der Waals surface area contributed by atoms with E-state index >= 15 is 0 Å². The average molecular weight is 159 g/mol. The van der Waals surface area contributed by atoms with E-state index in [1.54, 1.807) is 7.05 Å². The Labute approximate surface area is 68.0 Å². The van der Waals surface area contributed by atoms with Crippen molar-refractivity contribution < 1.29 is 9.57 Å². The second-order valence-corrected chi connectivity index (χ2v) is 2.83. The smallest absolute Gasteiger partial charge is 0.0683 e. The molecule has 1 unspecified atom stereocenters. The standard InChI is InChI=1S/C8H17NO2/c1-9-11-7-3-5-8-4-2-6-10-8/h8-9H,2-7H2,1H3. The molecule has 11 heavy (non-hydrogen) atoms. The molecule has 0 aromatic rings. The molecule has 0 radical (unpaired) electrons. The van der Waals surface area contributed by atoms with Gasteiger partial charge in [0, 0.05) is 13.7 Å². The van der Waals surface area contributed by atoms with Gasteiger partial charge in [-0.25, -0.2) is 5.48 Å². The Morgan fingerprint density at radius 3 is 3.18 bits per heavy atom. The first-order valence-electron chi connectivity index (χ1n) is 4.33. The van der Waals surface area contributed by atoms with E-state index in [1.807, 2.05) is 0 Å². The summed E-state index contributed by atoms with van der Waals surface area (Å²) in [5.74, 6) is 0. The van der Waals surface area contributed by atoms with Crippen LogP contribution < -0.4 is 5.48 Å². The third-order valence-electron chi connectivity index (χ3n) is 1.94. The van der Waals surface area contributed by atoms with Gasteiger partial charge in [-0.15, -0.1) is 0 Å². The molecule has 1 saturated heterocycles. The lowest BCUT2D eigenvalue weighted by atomic mass is 10.1. The summed E-state index contributed by atoms with van der Waals surface area (Å²) in [6.45, 7) is 1.74. The maximum Gasteiger partial charge on any atom is 0.0683 e. The van der Waals surface area contributed by atoms with E-state index in [0.717, 1.165) is 26.1 Å². The number of nitrogens with one attached hydrogen (secondary N) is 1. The van der Waals surface area contributed by atoms with Crippen LogP contribution in [0.5, 0.6) is 0 Å². The number of rotatable bonds is 5. The van der Waals surface area contributed by atoms with Crippen LogP contribution in [0.15, 0.2) is 0 Å². The van der Waals surface area contributed by atoms with Crippen molar-refractivity contribution in [2.75, 3.05) is 20.3 Å². The van der Waals surface area contributed by atoms with Gasteiger partial charge in [-0.1, -0.05) is 0 Å². The Morgan fingerprint density at radius 1 is 1.64 bits per heavy atom. The van der Waals surface area contributed by atoms with E-state index in [1.165, 1.54) is 12.8 Å². The maximum absolute atomic E-state index is 5.46. The minimum atomic E-state index is 0.510. The van der Waals surface area contributed by atoms with E-state index in [-0.39, 0.29) is 0 Å². The van der Waals surface area contributed by atoms with Crippen molar-refractivity contribution in [1.82, 2.24) is 5.48 Å². The molecule has 1 aliphatic rings. The van der Waals surface area contributed by atoms with E-state index in [4.69, 9.17) is 9.57 Å². The van der Waals surface area contributed by atoms with Crippen molar-refractivity contribution in [3.8, 4) is 0 Å². The molecule has 1 aliphatic heterocycles. The zero-order chi connectivity index (χ0) is 7.94. The van der Waals surface area contributed by atoms with Gasteiger partial charge in [0.25, 0.3) is 0 Å². The highest BCUT2D eigenvalue weighted by atomic mass is 16.6. The van der Waals surface area contributed by atoms with Crippen molar-refractivity contribution in [3.05, 3.63) is 0 Å². The number of hydrogen-bond acceptors (Lipinski definition) is 3. The molecule has 0 amide bonds. The first-order valence-corrected chi connectivity index (χ1v) is 4.33. The fourth-order valence-electron chi connectivity index (χ4n) is 1.36. The molecule has 0 bridgehead atoms. The summed E-state index contributed by atoms with van der Waals surface area (Å²) in [5.41, 5.74) is 2.65. The lowest BCUT2D eigenvalue weighted by molar-refractivity contribution is 0.0416. The Bertz CT molecular complexity index is 92.1. The van der Waals surface area contributed by atoms with E-state index in [2.05, 4.69) is 5.48 Å². The highest BCUT2D eigenvalue weighted by Crippen LogP contribution is 2.16. The summed E-state index contributed by atoms with van der Waals surface area (Å²) in [4.78, 5) is 4.99. The highest BCUT2D eigenvalue weighted by molar-refractivity contribution is 4.63. The van der Waals surface area contributed by atoms with Crippen LogP contribution in [0.3, 0.4) is 0 Å². The first kappa shape index (κ1) is 8.97.